The van der Waals surface area contributed by atoms with Crippen LogP contribution in [0.25, 0.3) is 11.2 Å². The summed E-state index contributed by atoms with van der Waals surface area (Å²) in [6, 6.07) is 4.04. The molecular weight excluding hydrogens is 366 g/mol. The zero-order valence-corrected chi connectivity index (χ0v) is 17.9. The Bertz CT molecular complexity index is 831. The van der Waals surface area contributed by atoms with E-state index in [1.165, 1.54) is 12.8 Å². The summed E-state index contributed by atoms with van der Waals surface area (Å²) in [5.74, 6) is 1.92. The number of ether oxygens (including phenoxy) is 1. The molecule has 2 aromatic rings. The number of aryl methyl sites for hydroxylation is 1. The second-order valence-electron chi connectivity index (χ2n) is 8.56. The third kappa shape index (κ3) is 5.95. The fraction of sp³-hybridized carbons (Fsp3) is 0.591. The van der Waals surface area contributed by atoms with Crippen LogP contribution >= 0.6 is 0 Å². The zero-order valence-electron chi connectivity index (χ0n) is 17.9. The minimum absolute atomic E-state index is 0.244. The number of aromatic nitrogens is 3. The molecule has 3 heterocycles. The van der Waals surface area contributed by atoms with Gasteiger partial charge in [0.1, 0.15) is 22.8 Å². The van der Waals surface area contributed by atoms with Crippen molar-refractivity contribution >= 4 is 23.1 Å². The molecule has 0 aliphatic carbocycles. The van der Waals surface area contributed by atoms with E-state index in [0.717, 1.165) is 55.2 Å². The summed E-state index contributed by atoms with van der Waals surface area (Å²) in [4.78, 5) is 29.0. The largest absolute Gasteiger partial charge is 0.444 e. The highest BCUT2D eigenvalue weighted by molar-refractivity contribution is 5.73. The number of unbranched alkanes of at least 4 members (excludes halogenated alkanes) is 3. The van der Waals surface area contributed by atoms with Gasteiger partial charge in [-0.3, -0.25) is 0 Å². The molecule has 0 bridgehead atoms. The molecule has 1 aliphatic rings. The van der Waals surface area contributed by atoms with E-state index in [9.17, 15) is 4.79 Å². The van der Waals surface area contributed by atoms with Gasteiger partial charge in [0.15, 0.2) is 5.65 Å². The number of nitrogens with zero attached hydrogens (tertiary/aromatic N) is 4. The zero-order chi connectivity index (χ0) is 20.9. The highest BCUT2D eigenvalue weighted by Gasteiger charge is 2.26. The smallest absolute Gasteiger partial charge is 0.410 e. The van der Waals surface area contributed by atoms with E-state index in [2.05, 4.69) is 21.4 Å². The van der Waals surface area contributed by atoms with Gasteiger partial charge >= 0.3 is 6.09 Å². The van der Waals surface area contributed by atoms with Gasteiger partial charge in [0.2, 0.25) is 0 Å². The third-order valence-corrected chi connectivity index (χ3v) is 4.95. The summed E-state index contributed by atoms with van der Waals surface area (Å²) in [6.07, 6.45) is 7.23. The molecule has 0 atom stereocenters. The minimum atomic E-state index is -0.467. The summed E-state index contributed by atoms with van der Waals surface area (Å²) >= 11 is 0. The van der Waals surface area contributed by atoms with Crippen LogP contribution in [0.5, 0.6) is 0 Å². The lowest BCUT2D eigenvalue weighted by Crippen LogP contribution is -2.50. The van der Waals surface area contributed by atoms with Crippen LogP contribution in [0, 0.1) is 0 Å². The first-order chi connectivity index (χ1) is 13.9. The summed E-state index contributed by atoms with van der Waals surface area (Å²) in [5.41, 5.74) is 1.27. The molecule has 158 valence electrons. The third-order valence-electron chi connectivity index (χ3n) is 4.95. The number of fused-ring (bicyclic) bond motifs is 1. The molecule has 0 unspecified atom stereocenters. The molecule has 0 spiro atoms. The number of hydrogen-bond acceptors (Lipinski definition) is 5. The molecule has 1 N–H and O–H groups in total. The monoisotopic (exact) mass is 399 g/mol. The lowest BCUT2D eigenvalue weighted by atomic mass is 10.1. The van der Waals surface area contributed by atoms with Gasteiger partial charge in [-0.15, -0.1) is 6.58 Å². The Morgan fingerprint density at radius 1 is 1.17 bits per heavy atom. The first-order valence-electron chi connectivity index (χ1n) is 10.5. The molecule has 0 radical (unpaired) electrons. The molecule has 29 heavy (non-hydrogen) atoms. The van der Waals surface area contributed by atoms with Crippen molar-refractivity contribution in [3.05, 3.63) is 30.6 Å². The van der Waals surface area contributed by atoms with Gasteiger partial charge < -0.3 is 19.5 Å². The number of aromatic amines is 1. The number of rotatable bonds is 7. The lowest BCUT2D eigenvalue weighted by molar-refractivity contribution is 0.0240. The molecule has 0 aromatic carbocycles. The van der Waals surface area contributed by atoms with Crippen molar-refractivity contribution < 1.29 is 9.53 Å². The van der Waals surface area contributed by atoms with Crippen LogP contribution in [-0.2, 0) is 11.2 Å². The second-order valence-corrected chi connectivity index (χ2v) is 8.56. The maximum absolute atomic E-state index is 12.2. The van der Waals surface area contributed by atoms with Gasteiger partial charge in [0.05, 0.1) is 0 Å². The lowest BCUT2D eigenvalue weighted by Gasteiger charge is -2.36. The van der Waals surface area contributed by atoms with E-state index in [1.807, 2.05) is 39.0 Å². The fourth-order valence-corrected chi connectivity index (χ4v) is 3.43. The molecule has 2 aromatic heterocycles. The van der Waals surface area contributed by atoms with Crippen LogP contribution in [0.2, 0.25) is 0 Å². The van der Waals surface area contributed by atoms with Crippen LogP contribution in [0.3, 0.4) is 0 Å². The first kappa shape index (κ1) is 21.1. The van der Waals surface area contributed by atoms with Crippen LogP contribution in [0.1, 0.15) is 52.3 Å². The SMILES string of the molecule is C=CCCCCCc1nc2ccc(N3CCN(C(=O)OC(C)(C)C)CC3)nc2[nH]1. The summed E-state index contributed by atoms with van der Waals surface area (Å²) < 4.78 is 5.47. The summed E-state index contributed by atoms with van der Waals surface area (Å²) in [7, 11) is 0. The molecule has 1 aliphatic heterocycles. The van der Waals surface area contributed by atoms with Crippen molar-refractivity contribution in [1.82, 2.24) is 19.9 Å². The summed E-state index contributed by atoms with van der Waals surface area (Å²) in [5, 5.41) is 0. The Hall–Kier alpha value is -2.57. The molecule has 1 saturated heterocycles. The molecule has 7 heteroatoms. The molecule has 1 amide bonds. The number of nitrogens with one attached hydrogen (secondary N) is 1. The molecule has 7 nitrogen and oxygen atoms in total. The van der Waals surface area contributed by atoms with Crippen LogP contribution in [-0.4, -0.2) is 57.7 Å². The average molecular weight is 400 g/mol. The van der Waals surface area contributed by atoms with E-state index >= 15 is 0 Å². The van der Waals surface area contributed by atoms with E-state index in [4.69, 9.17) is 9.72 Å². The van der Waals surface area contributed by atoms with Crippen molar-refractivity contribution in [2.75, 3.05) is 31.1 Å². The van der Waals surface area contributed by atoms with Gasteiger partial charge in [-0.1, -0.05) is 12.5 Å². The predicted octanol–water partition coefficient (Wildman–Crippen LogP) is 4.30. The Morgan fingerprint density at radius 3 is 2.62 bits per heavy atom. The van der Waals surface area contributed by atoms with Gasteiger partial charge in [-0.25, -0.2) is 14.8 Å². The molecule has 3 rings (SSSR count). The van der Waals surface area contributed by atoms with Gasteiger partial charge in [0, 0.05) is 32.6 Å². The number of anilines is 1. The van der Waals surface area contributed by atoms with Crippen LogP contribution in [0.15, 0.2) is 24.8 Å². The highest BCUT2D eigenvalue weighted by atomic mass is 16.6. The number of hydrogen-bond donors (Lipinski definition) is 1. The van der Waals surface area contributed by atoms with E-state index in [1.54, 1.807) is 4.90 Å². The number of pyridine rings is 1. The Morgan fingerprint density at radius 2 is 1.93 bits per heavy atom. The first-order valence-corrected chi connectivity index (χ1v) is 10.5. The van der Waals surface area contributed by atoms with E-state index in [-0.39, 0.29) is 6.09 Å². The number of imidazole rings is 1. The number of H-pyrrole nitrogens is 1. The Balaban J connectivity index is 1.55. The molecule has 1 fully saturated rings. The maximum Gasteiger partial charge on any atom is 0.410 e. The van der Waals surface area contributed by atoms with Crippen molar-refractivity contribution in [3.63, 3.8) is 0 Å². The van der Waals surface area contributed by atoms with Gasteiger partial charge in [0.25, 0.3) is 0 Å². The van der Waals surface area contributed by atoms with Crippen LogP contribution < -0.4 is 4.90 Å². The fourth-order valence-electron chi connectivity index (χ4n) is 3.43. The van der Waals surface area contributed by atoms with Crippen molar-refractivity contribution in [3.8, 4) is 0 Å². The van der Waals surface area contributed by atoms with Crippen molar-refractivity contribution in [2.24, 2.45) is 0 Å². The van der Waals surface area contributed by atoms with Crippen molar-refractivity contribution in [2.45, 2.75) is 58.5 Å². The highest BCUT2D eigenvalue weighted by Crippen LogP contribution is 2.20. The van der Waals surface area contributed by atoms with E-state index < -0.39 is 5.60 Å². The number of piperazine rings is 1. The summed E-state index contributed by atoms with van der Waals surface area (Å²) in [6.45, 7) is 12.2. The second kappa shape index (κ2) is 9.29. The normalized spacial score (nSPS) is 15.0. The standard InChI is InChI=1S/C22H33N5O2/c1-5-6-7-8-9-10-18-23-17-11-12-19(25-20(17)24-18)26-13-15-27(16-14-26)21(28)29-22(2,3)4/h5,11-12H,1,6-10,13-16H2,2-4H3,(H,23,24,25). The number of carbonyl (C=O) groups excluding carboxylic acids is 1. The molecular formula is C22H33N5O2. The Kier molecular flexibility index (Phi) is 6.77. The Labute approximate surface area is 173 Å². The predicted molar refractivity (Wildman–Crippen MR) is 116 cm³/mol. The van der Waals surface area contributed by atoms with Crippen LogP contribution in [0.4, 0.5) is 10.6 Å². The number of carbonyl (C=O) groups is 1. The average Bonchev–Trinajstić information content (AvgIpc) is 3.08. The minimum Gasteiger partial charge on any atom is -0.444 e. The maximum atomic E-state index is 12.2. The van der Waals surface area contributed by atoms with Gasteiger partial charge in [-0.05, 0) is 52.2 Å². The van der Waals surface area contributed by atoms with Crippen molar-refractivity contribution in [1.29, 1.82) is 0 Å². The quantitative estimate of drug-likeness (QED) is 0.555. The molecule has 0 saturated carbocycles. The number of allylic oxidation sites excluding steroid dienone is 1. The van der Waals surface area contributed by atoms with Gasteiger partial charge in [-0.2, -0.15) is 0 Å². The number of amides is 1. The topological polar surface area (TPSA) is 74.3 Å². The van der Waals surface area contributed by atoms with E-state index in [0.29, 0.717) is 13.1 Å².